The number of nitrogens with one attached hydrogen (secondary N) is 1. The summed E-state index contributed by atoms with van der Waals surface area (Å²) in [5, 5.41) is 8.32. The molecule has 0 saturated heterocycles. The van der Waals surface area contributed by atoms with E-state index in [0.717, 1.165) is 11.8 Å². The second-order valence-electron chi connectivity index (χ2n) is 5.31. The molecule has 0 saturated carbocycles. The third-order valence-electron chi connectivity index (χ3n) is 3.89. The average Bonchev–Trinajstić information content (AvgIpc) is 3.03. The van der Waals surface area contributed by atoms with Crippen LogP contribution in [0, 0.1) is 0 Å². The summed E-state index contributed by atoms with van der Waals surface area (Å²) in [5.74, 6) is 0.326. The second-order valence-corrected chi connectivity index (χ2v) is 5.31. The fourth-order valence-electron chi connectivity index (χ4n) is 2.59. The quantitative estimate of drug-likeness (QED) is 0.700. The molecule has 0 aliphatic rings. The lowest BCUT2D eigenvalue weighted by molar-refractivity contribution is -0.141. The van der Waals surface area contributed by atoms with E-state index in [1.807, 2.05) is 12.1 Å². The average molecular weight is 325 g/mol. The van der Waals surface area contributed by atoms with E-state index in [-0.39, 0.29) is 12.5 Å². The number of anilines is 1. The summed E-state index contributed by atoms with van der Waals surface area (Å²) in [6.45, 7) is 2.83. The standard InChI is InChI=1S/C17H19N5O2/c1-3-12-6-4-5-7-13(12)8-18-16-14-9-21-22(10-15(23)24-2)17(14)20-11-19-16/h4-7,9,11H,3,8,10H2,1-2H3,(H,18,19,20). The summed E-state index contributed by atoms with van der Waals surface area (Å²) < 4.78 is 6.18. The van der Waals surface area contributed by atoms with Crippen LogP contribution in [0.25, 0.3) is 11.0 Å². The van der Waals surface area contributed by atoms with E-state index in [1.165, 1.54) is 29.2 Å². The van der Waals surface area contributed by atoms with Crippen molar-refractivity contribution in [3.8, 4) is 0 Å². The van der Waals surface area contributed by atoms with Gasteiger partial charge in [0, 0.05) is 6.54 Å². The van der Waals surface area contributed by atoms with Gasteiger partial charge in [-0.1, -0.05) is 31.2 Å². The zero-order valence-corrected chi connectivity index (χ0v) is 13.7. The van der Waals surface area contributed by atoms with E-state index in [0.29, 0.717) is 18.0 Å². The van der Waals surface area contributed by atoms with Crippen molar-refractivity contribution >= 4 is 22.8 Å². The first-order chi connectivity index (χ1) is 11.7. The number of ether oxygens (including phenoxy) is 1. The smallest absolute Gasteiger partial charge is 0.327 e. The topological polar surface area (TPSA) is 81.9 Å². The Morgan fingerprint density at radius 3 is 2.79 bits per heavy atom. The molecule has 7 heteroatoms. The van der Waals surface area contributed by atoms with Crippen LogP contribution < -0.4 is 5.32 Å². The van der Waals surface area contributed by atoms with Crippen LogP contribution in [-0.2, 0) is 29.0 Å². The number of benzene rings is 1. The fraction of sp³-hybridized carbons (Fsp3) is 0.294. The molecule has 0 radical (unpaired) electrons. The maximum absolute atomic E-state index is 11.4. The number of hydrogen-bond donors (Lipinski definition) is 1. The Hall–Kier alpha value is -2.96. The largest absolute Gasteiger partial charge is 0.468 e. The highest BCUT2D eigenvalue weighted by molar-refractivity contribution is 5.86. The van der Waals surface area contributed by atoms with Crippen molar-refractivity contribution in [2.75, 3.05) is 12.4 Å². The number of esters is 1. The molecule has 3 rings (SSSR count). The monoisotopic (exact) mass is 325 g/mol. The van der Waals surface area contributed by atoms with E-state index in [1.54, 1.807) is 6.20 Å². The van der Waals surface area contributed by atoms with Gasteiger partial charge in [-0.2, -0.15) is 5.10 Å². The van der Waals surface area contributed by atoms with E-state index < -0.39 is 0 Å². The van der Waals surface area contributed by atoms with Gasteiger partial charge in [0.25, 0.3) is 0 Å². The molecule has 0 bridgehead atoms. The van der Waals surface area contributed by atoms with E-state index in [4.69, 9.17) is 0 Å². The highest BCUT2D eigenvalue weighted by atomic mass is 16.5. The molecular weight excluding hydrogens is 306 g/mol. The molecule has 0 fully saturated rings. The molecule has 124 valence electrons. The molecule has 3 aromatic rings. The minimum absolute atomic E-state index is 0.0229. The van der Waals surface area contributed by atoms with Gasteiger partial charge in [-0.05, 0) is 17.5 Å². The zero-order valence-electron chi connectivity index (χ0n) is 13.7. The van der Waals surface area contributed by atoms with Crippen LogP contribution in [0.1, 0.15) is 18.1 Å². The van der Waals surface area contributed by atoms with Crippen LogP contribution in [0.3, 0.4) is 0 Å². The minimum atomic E-state index is -0.370. The molecule has 0 spiro atoms. The highest BCUT2D eigenvalue weighted by Gasteiger charge is 2.12. The number of carbonyl (C=O) groups excluding carboxylic acids is 1. The van der Waals surface area contributed by atoms with Gasteiger partial charge in [-0.15, -0.1) is 0 Å². The van der Waals surface area contributed by atoms with Gasteiger partial charge in [0.05, 0.1) is 18.7 Å². The van der Waals surface area contributed by atoms with Gasteiger partial charge in [0.2, 0.25) is 0 Å². The second kappa shape index (κ2) is 7.08. The fourth-order valence-corrected chi connectivity index (χ4v) is 2.59. The number of aromatic nitrogens is 4. The van der Waals surface area contributed by atoms with Gasteiger partial charge in [-0.3, -0.25) is 4.79 Å². The first kappa shape index (κ1) is 15.9. The normalized spacial score (nSPS) is 10.8. The lowest BCUT2D eigenvalue weighted by atomic mass is 10.1. The maximum atomic E-state index is 11.4. The molecule has 1 aromatic carbocycles. The van der Waals surface area contributed by atoms with Crippen LogP contribution in [-0.4, -0.2) is 32.8 Å². The number of nitrogens with zero attached hydrogens (tertiary/aromatic N) is 4. The van der Waals surface area contributed by atoms with Gasteiger partial charge >= 0.3 is 5.97 Å². The molecule has 1 N–H and O–H groups in total. The number of hydrogen-bond acceptors (Lipinski definition) is 6. The number of rotatable bonds is 6. The number of aryl methyl sites for hydroxylation is 1. The first-order valence-electron chi connectivity index (χ1n) is 7.77. The minimum Gasteiger partial charge on any atom is -0.468 e. The van der Waals surface area contributed by atoms with E-state index in [2.05, 4.69) is 44.2 Å². The van der Waals surface area contributed by atoms with Crippen molar-refractivity contribution < 1.29 is 9.53 Å². The Kier molecular flexibility index (Phi) is 4.69. The molecule has 0 amide bonds. The third-order valence-corrected chi connectivity index (χ3v) is 3.89. The Morgan fingerprint density at radius 1 is 1.25 bits per heavy atom. The summed E-state index contributed by atoms with van der Waals surface area (Å²) in [7, 11) is 1.35. The summed E-state index contributed by atoms with van der Waals surface area (Å²) in [6, 6.07) is 8.30. The van der Waals surface area contributed by atoms with Crippen molar-refractivity contribution in [1.82, 2.24) is 19.7 Å². The molecular formula is C17H19N5O2. The number of methoxy groups -OCH3 is 1. The summed E-state index contributed by atoms with van der Waals surface area (Å²) in [5.41, 5.74) is 3.13. The summed E-state index contributed by atoms with van der Waals surface area (Å²) in [4.78, 5) is 20.0. The van der Waals surface area contributed by atoms with E-state index >= 15 is 0 Å². The molecule has 2 heterocycles. The maximum Gasteiger partial charge on any atom is 0.327 e. The van der Waals surface area contributed by atoms with Crippen LogP contribution in [0.15, 0.2) is 36.8 Å². The van der Waals surface area contributed by atoms with Gasteiger partial charge in [-0.25, -0.2) is 14.6 Å². The van der Waals surface area contributed by atoms with Crippen molar-refractivity contribution in [1.29, 1.82) is 0 Å². The molecule has 0 unspecified atom stereocenters. The van der Waals surface area contributed by atoms with Crippen LogP contribution in [0.5, 0.6) is 0 Å². The van der Waals surface area contributed by atoms with Crippen molar-refractivity contribution in [3.63, 3.8) is 0 Å². The Morgan fingerprint density at radius 2 is 2.04 bits per heavy atom. The predicted molar refractivity (Wildman–Crippen MR) is 90.5 cm³/mol. The summed E-state index contributed by atoms with van der Waals surface area (Å²) in [6.07, 6.45) is 4.10. The van der Waals surface area contributed by atoms with Gasteiger partial charge < -0.3 is 10.1 Å². The van der Waals surface area contributed by atoms with Crippen LogP contribution in [0.2, 0.25) is 0 Å². The predicted octanol–water partition coefficient (Wildman–Crippen LogP) is 2.17. The first-order valence-corrected chi connectivity index (χ1v) is 7.77. The van der Waals surface area contributed by atoms with Gasteiger partial charge in [0.15, 0.2) is 5.65 Å². The summed E-state index contributed by atoms with van der Waals surface area (Å²) >= 11 is 0. The molecule has 24 heavy (non-hydrogen) atoms. The highest BCUT2D eigenvalue weighted by Crippen LogP contribution is 2.20. The van der Waals surface area contributed by atoms with Crippen LogP contribution >= 0.6 is 0 Å². The van der Waals surface area contributed by atoms with Crippen LogP contribution in [0.4, 0.5) is 5.82 Å². The molecule has 0 aliphatic carbocycles. The van der Waals surface area contributed by atoms with Crippen molar-refractivity contribution in [2.24, 2.45) is 0 Å². The number of fused-ring (bicyclic) bond motifs is 1. The SMILES string of the molecule is CCc1ccccc1CNc1ncnc2c1cnn2CC(=O)OC. The third kappa shape index (κ3) is 3.19. The Bertz CT molecular complexity index is 859. The Labute approximate surface area is 139 Å². The molecule has 0 atom stereocenters. The molecule has 7 nitrogen and oxygen atoms in total. The number of carbonyl (C=O) groups is 1. The zero-order chi connectivity index (χ0) is 16.9. The van der Waals surface area contributed by atoms with Crippen molar-refractivity contribution in [3.05, 3.63) is 47.9 Å². The van der Waals surface area contributed by atoms with Crippen molar-refractivity contribution in [2.45, 2.75) is 26.4 Å². The Balaban J connectivity index is 1.84. The van der Waals surface area contributed by atoms with E-state index in [9.17, 15) is 4.79 Å². The molecule has 0 aliphatic heterocycles. The van der Waals surface area contributed by atoms with Gasteiger partial charge in [0.1, 0.15) is 18.7 Å². The lowest BCUT2D eigenvalue weighted by Gasteiger charge is -2.10. The molecule has 2 aromatic heterocycles. The lowest BCUT2D eigenvalue weighted by Crippen LogP contribution is -2.13.